The first-order valence-electron chi connectivity index (χ1n) is 7.89. The van der Waals surface area contributed by atoms with Crippen molar-refractivity contribution in [2.45, 2.75) is 25.8 Å². The number of rotatable bonds is 4. The highest BCUT2D eigenvalue weighted by molar-refractivity contribution is 7.13. The number of thiophene rings is 1. The molecule has 8 heteroatoms. The molecule has 2 N–H and O–H groups in total. The number of carbonyl (C=O) groups excluding carboxylic acids is 2. The Bertz CT molecular complexity index is 673. The van der Waals surface area contributed by atoms with E-state index in [1.54, 1.807) is 17.0 Å². The SMILES string of the molecule is COC(=O)c1ccc(CNC(=O)N2C[C@@H]3CCC[C@@]3(C(=O)O)C2)s1. The van der Waals surface area contributed by atoms with Gasteiger partial charge in [0.05, 0.1) is 19.1 Å². The van der Waals surface area contributed by atoms with Crippen LogP contribution in [0.2, 0.25) is 0 Å². The maximum atomic E-state index is 12.3. The van der Waals surface area contributed by atoms with E-state index >= 15 is 0 Å². The van der Waals surface area contributed by atoms with Crippen LogP contribution in [0.3, 0.4) is 0 Å². The summed E-state index contributed by atoms with van der Waals surface area (Å²) in [7, 11) is 1.33. The molecule has 0 unspecified atom stereocenters. The summed E-state index contributed by atoms with van der Waals surface area (Å²) in [5.74, 6) is -1.14. The zero-order valence-electron chi connectivity index (χ0n) is 13.4. The smallest absolute Gasteiger partial charge is 0.348 e. The highest BCUT2D eigenvalue weighted by atomic mass is 32.1. The summed E-state index contributed by atoms with van der Waals surface area (Å²) < 4.78 is 4.65. The van der Waals surface area contributed by atoms with Crippen molar-refractivity contribution < 1.29 is 24.2 Å². The molecule has 1 aromatic heterocycles. The number of hydrogen-bond acceptors (Lipinski definition) is 5. The number of nitrogens with one attached hydrogen (secondary N) is 1. The molecule has 1 aromatic rings. The highest BCUT2D eigenvalue weighted by Crippen LogP contribution is 2.48. The van der Waals surface area contributed by atoms with Gasteiger partial charge in [0.1, 0.15) is 4.88 Å². The lowest BCUT2D eigenvalue weighted by Gasteiger charge is -2.23. The predicted octanol–water partition coefficient (Wildman–Crippen LogP) is 1.93. The number of fused-ring (bicyclic) bond motifs is 1. The van der Waals surface area contributed by atoms with Gasteiger partial charge in [-0.2, -0.15) is 0 Å². The fourth-order valence-corrected chi connectivity index (χ4v) is 4.62. The van der Waals surface area contributed by atoms with E-state index < -0.39 is 17.4 Å². The van der Waals surface area contributed by atoms with Crippen molar-refractivity contribution >= 4 is 29.3 Å². The van der Waals surface area contributed by atoms with Crippen LogP contribution in [0.1, 0.15) is 33.8 Å². The van der Waals surface area contributed by atoms with Crippen LogP contribution in [0.5, 0.6) is 0 Å². The molecule has 2 amide bonds. The predicted molar refractivity (Wildman–Crippen MR) is 86.9 cm³/mol. The van der Waals surface area contributed by atoms with Gasteiger partial charge in [-0.15, -0.1) is 11.3 Å². The number of likely N-dealkylation sites (tertiary alicyclic amines) is 1. The van der Waals surface area contributed by atoms with Crippen molar-refractivity contribution in [3.8, 4) is 0 Å². The van der Waals surface area contributed by atoms with Crippen molar-refractivity contribution in [1.82, 2.24) is 10.2 Å². The molecule has 2 fully saturated rings. The summed E-state index contributed by atoms with van der Waals surface area (Å²) in [4.78, 5) is 38.4. The number of methoxy groups -OCH3 is 1. The Morgan fingerprint density at radius 3 is 2.92 bits per heavy atom. The Hall–Kier alpha value is -2.09. The molecule has 0 spiro atoms. The highest BCUT2D eigenvalue weighted by Gasteiger charge is 2.55. The van der Waals surface area contributed by atoms with E-state index in [1.807, 2.05) is 0 Å². The van der Waals surface area contributed by atoms with E-state index in [9.17, 15) is 19.5 Å². The van der Waals surface area contributed by atoms with Gasteiger partial charge in [0.25, 0.3) is 0 Å². The second-order valence-corrected chi connectivity index (χ2v) is 7.52. The summed E-state index contributed by atoms with van der Waals surface area (Å²) in [6.45, 7) is 1.08. The number of carboxylic acid groups (broad SMARTS) is 1. The van der Waals surface area contributed by atoms with E-state index in [1.165, 1.54) is 18.4 Å². The van der Waals surface area contributed by atoms with Crippen molar-refractivity contribution in [3.63, 3.8) is 0 Å². The largest absolute Gasteiger partial charge is 0.481 e. The lowest BCUT2D eigenvalue weighted by atomic mass is 9.81. The number of urea groups is 1. The Kier molecular flexibility index (Phi) is 4.49. The van der Waals surface area contributed by atoms with Crippen LogP contribution in [0.4, 0.5) is 4.79 Å². The van der Waals surface area contributed by atoms with Crippen molar-refractivity contribution in [1.29, 1.82) is 0 Å². The summed E-state index contributed by atoms with van der Waals surface area (Å²) >= 11 is 1.27. The average molecular weight is 352 g/mol. The quantitative estimate of drug-likeness (QED) is 0.807. The molecule has 130 valence electrons. The van der Waals surface area contributed by atoms with Crippen LogP contribution in [-0.2, 0) is 16.1 Å². The maximum absolute atomic E-state index is 12.3. The first-order valence-corrected chi connectivity index (χ1v) is 8.71. The summed E-state index contributed by atoms with van der Waals surface area (Å²) in [6.07, 6.45) is 2.42. The topological polar surface area (TPSA) is 95.9 Å². The van der Waals surface area contributed by atoms with E-state index in [2.05, 4.69) is 10.1 Å². The molecule has 0 bridgehead atoms. The second-order valence-electron chi connectivity index (χ2n) is 6.35. The molecule has 1 saturated carbocycles. The standard InChI is InChI=1S/C16H20N2O5S/c1-23-13(19)12-5-4-11(24-12)7-17-15(22)18-8-10-3-2-6-16(10,9-18)14(20)21/h4-5,10H,2-3,6-9H2,1H3,(H,17,22)(H,20,21)/t10-,16+/m0/s1. The van der Waals surface area contributed by atoms with E-state index in [0.717, 1.165) is 17.7 Å². The minimum atomic E-state index is -0.790. The Labute approximate surface area is 143 Å². The number of amides is 2. The van der Waals surface area contributed by atoms with E-state index in [0.29, 0.717) is 24.4 Å². The monoisotopic (exact) mass is 352 g/mol. The lowest BCUT2D eigenvalue weighted by molar-refractivity contribution is -0.149. The molecule has 7 nitrogen and oxygen atoms in total. The number of aliphatic carboxylic acids is 1. The number of nitrogens with zero attached hydrogens (tertiary/aromatic N) is 1. The first kappa shape index (κ1) is 16.8. The van der Waals surface area contributed by atoms with Gasteiger partial charge in [-0.1, -0.05) is 6.42 Å². The number of esters is 1. The van der Waals surface area contributed by atoms with Crippen LogP contribution in [0.15, 0.2) is 12.1 Å². The Morgan fingerprint density at radius 2 is 2.25 bits per heavy atom. The van der Waals surface area contributed by atoms with Crippen molar-refractivity contribution in [2.75, 3.05) is 20.2 Å². The third-order valence-electron chi connectivity index (χ3n) is 5.05. The number of ether oxygens (including phenoxy) is 1. The molecular formula is C16H20N2O5S. The summed E-state index contributed by atoms with van der Waals surface area (Å²) in [6, 6.07) is 3.19. The molecule has 2 atom stereocenters. The van der Waals surface area contributed by atoms with Gasteiger partial charge in [-0.25, -0.2) is 9.59 Å². The first-order chi connectivity index (χ1) is 11.5. The van der Waals surface area contributed by atoms with Crippen molar-refractivity contribution in [2.24, 2.45) is 11.3 Å². The van der Waals surface area contributed by atoms with Gasteiger partial charge >= 0.3 is 18.0 Å². The third kappa shape index (κ3) is 2.86. The van der Waals surface area contributed by atoms with Crippen LogP contribution < -0.4 is 5.32 Å². The minimum Gasteiger partial charge on any atom is -0.481 e. The van der Waals surface area contributed by atoms with Crippen LogP contribution in [0.25, 0.3) is 0 Å². The van der Waals surface area contributed by atoms with Crippen LogP contribution >= 0.6 is 11.3 Å². The maximum Gasteiger partial charge on any atom is 0.348 e. The molecule has 2 heterocycles. The molecule has 0 aromatic carbocycles. The van der Waals surface area contributed by atoms with Crippen LogP contribution in [0, 0.1) is 11.3 Å². The van der Waals surface area contributed by atoms with Gasteiger partial charge in [0, 0.05) is 18.0 Å². The molecule has 24 heavy (non-hydrogen) atoms. The normalized spacial score (nSPS) is 25.4. The molecular weight excluding hydrogens is 332 g/mol. The fourth-order valence-electron chi connectivity index (χ4n) is 3.75. The molecule has 1 saturated heterocycles. The Balaban J connectivity index is 1.57. The van der Waals surface area contributed by atoms with Gasteiger partial charge in [0.15, 0.2) is 0 Å². The number of carbonyl (C=O) groups is 3. The Morgan fingerprint density at radius 1 is 1.46 bits per heavy atom. The number of carboxylic acids is 1. The molecule has 0 radical (unpaired) electrons. The molecule has 2 aliphatic rings. The van der Waals surface area contributed by atoms with Gasteiger partial charge in [0.2, 0.25) is 0 Å². The van der Waals surface area contributed by atoms with Crippen LogP contribution in [-0.4, -0.2) is 48.2 Å². The zero-order chi connectivity index (χ0) is 17.3. The van der Waals surface area contributed by atoms with Gasteiger partial charge < -0.3 is 20.1 Å². The van der Waals surface area contributed by atoms with Crippen molar-refractivity contribution in [3.05, 3.63) is 21.9 Å². The zero-order valence-corrected chi connectivity index (χ0v) is 14.2. The number of hydrogen-bond donors (Lipinski definition) is 2. The molecule has 1 aliphatic heterocycles. The van der Waals surface area contributed by atoms with E-state index in [4.69, 9.17) is 0 Å². The summed E-state index contributed by atoms with van der Waals surface area (Å²) in [5, 5.41) is 12.4. The third-order valence-corrected chi connectivity index (χ3v) is 6.11. The average Bonchev–Trinajstić information content (AvgIpc) is 3.25. The summed E-state index contributed by atoms with van der Waals surface area (Å²) in [5.41, 5.74) is -0.766. The molecule has 1 aliphatic carbocycles. The lowest BCUT2D eigenvalue weighted by Crippen LogP contribution is -2.41. The van der Waals surface area contributed by atoms with Gasteiger partial charge in [-0.05, 0) is 30.9 Å². The van der Waals surface area contributed by atoms with Gasteiger partial charge in [-0.3, -0.25) is 4.79 Å². The fraction of sp³-hybridized carbons (Fsp3) is 0.562. The minimum absolute atomic E-state index is 0.0495. The van der Waals surface area contributed by atoms with E-state index in [-0.39, 0.29) is 18.5 Å². The second kappa shape index (κ2) is 6.43. The molecule has 3 rings (SSSR count).